The van der Waals surface area contributed by atoms with Crippen LogP contribution in [0.4, 0.5) is 5.82 Å². The van der Waals surface area contributed by atoms with Crippen LogP contribution in [0.5, 0.6) is 0 Å². The molecular weight excluding hydrogens is 216 g/mol. The lowest BCUT2D eigenvalue weighted by Crippen LogP contribution is -2.35. The van der Waals surface area contributed by atoms with Crippen LogP contribution in [0, 0.1) is 0 Å². The van der Waals surface area contributed by atoms with Gasteiger partial charge in [-0.1, -0.05) is 30.0 Å². The summed E-state index contributed by atoms with van der Waals surface area (Å²) in [7, 11) is 0. The molecule has 3 nitrogen and oxygen atoms in total. The number of hydrogen-bond acceptors (Lipinski definition) is 4. The third kappa shape index (κ3) is 1.63. The van der Waals surface area contributed by atoms with Gasteiger partial charge in [-0.15, -0.1) is 0 Å². The molecule has 1 N–H and O–H groups in total. The van der Waals surface area contributed by atoms with Crippen LogP contribution in [0.25, 0.3) is 0 Å². The normalized spacial score (nSPS) is 27.0. The van der Waals surface area contributed by atoms with Crippen molar-refractivity contribution in [1.82, 2.24) is 4.98 Å². The summed E-state index contributed by atoms with van der Waals surface area (Å²) >= 11 is 6.66. The molecule has 74 valence electrons. The van der Waals surface area contributed by atoms with Crippen molar-refractivity contribution in [2.24, 2.45) is 0 Å². The van der Waals surface area contributed by atoms with E-state index < -0.39 is 6.23 Å². The first-order valence-corrected chi connectivity index (χ1v) is 5.58. The quantitative estimate of drug-likeness (QED) is 0.736. The zero-order valence-electron chi connectivity index (χ0n) is 7.62. The van der Waals surface area contributed by atoms with Gasteiger partial charge in [0, 0.05) is 6.20 Å². The highest BCUT2D eigenvalue weighted by molar-refractivity contribution is 8.24. The number of rotatable bonds is 1. The average molecular weight is 226 g/mol. The van der Waals surface area contributed by atoms with E-state index in [1.54, 1.807) is 11.1 Å². The number of anilines is 1. The molecule has 0 spiro atoms. The van der Waals surface area contributed by atoms with Crippen molar-refractivity contribution in [1.29, 1.82) is 0 Å². The van der Waals surface area contributed by atoms with Crippen LogP contribution in [0.1, 0.15) is 6.92 Å². The summed E-state index contributed by atoms with van der Waals surface area (Å²) in [4.78, 5) is 5.85. The van der Waals surface area contributed by atoms with Crippen molar-refractivity contribution in [2.45, 2.75) is 18.4 Å². The molecule has 2 rings (SSSR count). The van der Waals surface area contributed by atoms with Crippen LogP contribution in [0.3, 0.4) is 0 Å². The predicted octanol–water partition coefficient (Wildman–Crippen LogP) is 1.63. The lowest BCUT2D eigenvalue weighted by molar-refractivity contribution is 0.189. The third-order valence-corrected chi connectivity index (χ3v) is 3.56. The van der Waals surface area contributed by atoms with Gasteiger partial charge in [-0.2, -0.15) is 0 Å². The topological polar surface area (TPSA) is 36.4 Å². The van der Waals surface area contributed by atoms with Crippen LogP contribution in [-0.4, -0.2) is 25.9 Å². The third-order valence-electron chi connectivity index (χ3n) is 2.06. The second-order valence-corrected chi connectivity index (χ2v) is 5.07. The largest absolute Gasteiger partial charge is 0.372 e. The fraction of sp³-hybridized carbons (Fsp3) is 0.333. The predicted molar refractivity (Wildman–Crippen MR) is 62.4 cm³/mol. The van der Waals surface area contributed by atoms with E-state index in [0.717, 1.165) is 0 Å². The van der Waals surface area contributed by atoms with Crippen molar-refractivity contribution >= 4 is 34.1 Å². The standard InChI is InChI=1S/C9H10N2OS2/c1-6-8(12)11(9(13)14-6)7-4-2-3-5-10-7/h2-6,8,12H,1H3. The fourth-order valence-electron chi connectivity index (χ4n) is 1.32. The van der Waals surface area contributed by atoms with E-state index in [-0.39, 0.29) is 5.25 Å². The molecule has 2 heterocycles. The molecule has 1 aliphatic rings. The van der Waals surface area contributed by atoms with Crippen molar-refractivity contribution in [3.8, 4) is 0 Å². The Balaban J connectivity index is 2.31. The van der Waals surface area contributed by atoms with Gasteiger partial charge in [0.25, 0.3) is 0 Å². The Hall–Kier alpha value is -0.650. The fourth-order valence-corrected chi connectivity index (χ4v) is 2.85. The summed E-state index contributed by atoms with van der Waals surface area (Å²) < 4.78 is 0.684. The Morgan fingerprint density at radius 2 is 2.36 bits per heavy atom. The number of aliphatic hydroxyl groups excluding tert-OH is 1. The summed E-state index contributed by atoms with van der Waals surface area (Å²) in [6.45, 7) is 1.95. The summed E-state index contributed by atoms with van der Waals surface area (Å²) in [6.07, 6.45) is 1.13. The number of hydrogen-bond donors (Lipinski definition) is 1. The summed E-state index contributed by atoms with van der Waals surface area (Å²) in [6, 6.07) is 5.56. The maximum absolute atomic E-state index is 9.86. The molecule has 14 heavy (non-hydrogen) atoms. The molecule has 1 aromatic heterocycles. The lowest BCUT2D eigenvalue weighted by atomic mass is 10.3. The molecule has 1 fully saturated rings. The molecule has 0 bridgehead atoms. The molecule has 2 unspecified atom stereocenters. The maximum Gasteiger partial charge on any atom is 0.145 e. The van der Waals surface area contributed by atoms with E-state index in [9.17, 15) is 5.11 Å². The number of nitrogens with zero attached hydrogens (tertiary/aromatic N) is 2. The Morgan fingerprint density at radius 1 is 1.57 bits per heavy atom. The minimum absolute atomic E-state index is 0.101. The summed E-state index contributed by atoms with van der Waals surface area (Å²) in [5.74, 6) is 0.710. The molecule has 0 radical (unpaired) electrons. The van der Waals surface area contributed by atoms with E-state index in [1.807, 2.05) is 25.1 Å². The van der Waals surface area contributed by atoms with Crippen LogP contribution < -0.4 is 4.90 Å². The molecule has 0 aliphatic carbocycles. The van der Waals surface area contributed by atoms with Gasteiger partial charge in [-0.25, -0.2) is 4.98 Å². The number of thioether (sulfide) groups is 1. The minimum atomic E-state index is -0.567. The van der Waals surface area contributed by atoms with Crippen LogP contribution in [-0.2, 0) is 0 Å². The van der Waals surface area contributed by atoms with E-state index >= 15 is 0 Å². The zero-order valence-corrected chi connectivity index (χ0v) is 9.26. The Bertz CT molecular complexity index is 344. The second kappa shape index (κ2) is 3.84. The molecule has 2 atom stereocenters. The van der Waals surface area contributed by atoms with Gasteiger partial charge < -0.3 is 5.11 Å². The van der Waals surface area contributed by atoms with Crippen molar-refractivity contribution in [3.63, 3.8) is 0 Å². The van der Waals surface area contributed by atoms with E-state index in [2.05, 4.69) is 4.98 Å². The highest BCUT2D eigenvalue weighted by Gasteiger charge is 2.35. The average Bonchev–Trinajstić information content (AvgIpc) is 2.43. The van der Waals surface area contributed by atoms with E-state index in [0.29, 0.717) is 10.1 Å². The molecule has 1 aromatic rings. The van der Waals surface area contributed by atoms with Crippen molar-refractivity contribution < 1.29 is 5.11 Å². The summed E-state index contributed by atoms with van der Waals surface area (Å²) in [5.41, 5.74) is 0. The van der Waals surface area contributed by atoms with Gasteiger partial charge in [0.15, 0.2) is 0 Å². The van der Waals surface area contributed by atoms with Gasteiger partial charge >= 0.3 is 0 Å². The number of thiocarbonyl (C=S) groups is 1. The first-order valence-electron chi connectivity index (χ1n) is 4.29. The molecule has 1 aliphatic heterocycles. The molecule has 0 saturated carbocycles. The van der Waals surface area contributed by atoms with E-state index in [4.69, 9.17) is 12.2 Å². The first-order chi connectivity index (χ1) is 6.70. The van der Waals surface area contributed by atoms with Gasteiger partial charge in [-0.05, 0) is 19.1 Å². The maximum atomic E-state index is 9.86. The Morgan fingerprint density at radius 3 is 2.86 bits per heavy atom. The molecule has 0 amide bonds. The van der Waals surface area contributed by atoms with Crippen LogP contribution in [0.15, 0.2) is 24.4 Å². The molecule has 0 aromatic carbocycles. The number of pyridine rings is 1. The number of aliphatic hydroxyl groups is 1. The van der Waals surface area contributed by atoms with Crippen molar-refractivity contribution in [3.05, 3.63) is 24.4 Å². The monoisotopic (exact) mass is 226 g/mol. The van der Waals surface area contributed by atoms with E-state index in [1.165, 1.54) is 11.8 Å². The molecule has 1 saturated heterocycles. The highest BCUT2D eigenvalue weighted by atomic mass is 32.2. The van der Waals surface area contributed by atoms with Crippen molar-refractivity contribution in [2.75, 3.05) is 4.90 Å². The first kappa shape index (κ1) is 9.89. The van der Waals surface area contributed by atoms with Gasteiger partial charge in [0.05, 0.1) is 5.25 Å². The SMILES string of the molecule is CC1SC(=S)N(c2ccccn2)C1O. The number of aromatic nitrogens is 1. The van der Waals surface area contributed by atoms with Gasteiger partial charge in [-0.3, -0.25) is 4.90 Å². The minimum Gasteiger partial charge on any atom is -0.372 e. The molecule has 5 heteroatoms. The Kier molecular flexibility index (Phi) is 2.71. The van der Waals surface area contributed by atoms with Gasteiger partial charge in [0.1, 0.15) is 16.4 Å². The summed E-state index contributed by atoms with van der Waals surface area (Å²) in [5, 5.41) is 9.96. The molecular formula is C9H10N2OS2. The zero-order chi connectivity index (χ0) is 10.1. The lowest BCUT2D eigenvalue weighted by Gasteiger charge is -2.21. The highest BCUT2D eigenvalue weighted by Crippen LogP contribution is 2.33. The Labute approximate surface area is 92.1 Å². The van der Waals surface area contributed by atoms with Crippen LogP contribution in [0.2, 0.25) is 0 Å². The second-order valence-electron chi connectivity index (χ2n) is 3.06. The smallest absolute Gasteiger partial charge is 0.145 e. The van der Waals surface area contributed by atoms with Crippen LogP contribution >= 0.6 is 24.0 Å². The van der Waals surface area contributed by atoms with Gasteiger partial charge in [0.2, 0.25) is 0 Å².